The highest BCUT2D eigenvalue weighted by Crippen LogP contribution is 2.18. The fourth-order valence-electron chi connectivity index (χ4n) is 2.90. The van der Waals surface area contributed by atoms with E-state index in [4.69, 9.17) is 0 Å². The van der Waals surface area contributed by atoms with Crippen molar-refractivity contribution in [2.24, 2.45) is 0 Å². The van der Waals surface area contributed by atoms with Crippen molar-refractivity contribution in [3.05, 3.63) is 0 Å². The maximum atomic E-state index is 3.51. The number of nitrogens with one attached hydrogen (secondary N) is 1. The fourth-order valence-corrected chi connectivity index (χ4v) is 2.90. The summed E-state index contributed by atoms with van der Waals surface area (Å²) >= 11 is 0. The van der Waals surface area contributed by atoms with Crippen molar-refractivity contribution in [3.63, 3.8) is 0 Å². The third-order valence-corrected chi connectivity index (χ3v) is 4.03. The average Bonchev–Trinajstić information content (AvgIpc) is 2.29. The number of hydrogen-bond donors (Lipinski definition) is 1. The van der Waals surface area contributed by atoms with E-state index in [2.05, 4.69) is 50.0 Å². The molecule has 102 valence electrons. The minimum absolute atomic E-state index is 0.634. The molecule has 1 rings (SSSR count). The molecule has 0 spiro atoms. The topological polar surface area (TPSA) is 18.5 Å². The molecule has 0 amide bonds. The molecule has 3 unspecified atom stereocenters. The van der Waals surface area contributed by atoms with Gasteiger partial charge in [-0.15, -0.1) is 0 Å². The second-order valence-corrected chi connectivity index (χ2v) is 5.80. The van der Waals surface area contributed by atoms with Crippen molar-refractivity contribution in [1.29, 1.82) is 0 Å². The van der Waals surface area contributed by atoms with Gasteiger partial charge < -0.3 is 10.2 Å². The fraction of sp³-hybridized carbons (Fsp3) is 1.00. The lowest BCUT2D eigenvalue weighted by Gasteiger charge is -2.40. The molecule has 17 heavy (non-hydrogen) atoms. The first-order chi connectivity index (χ1) is 8.04. The van der Waals surface area contributed by atoms with Crippen LogP contribution in [-0.4, -0.2) is 61.7 Å². The van der Waals surface area contributed by atoms with Crippen LogP contribution in [0.1, 0.15) is 40.0 Å². The first-order valence-corrected chi connectivity index (χ1v) is 7.18. The Labute approximate surface area is 108 Å². The summed E-state index contributed by atoms with van der Waals surface area (Å²) in [7, 11) is 4.42. The van der Waals surface area contributed by atoms with E-state index in [1.807, 2.05) is 0 Å². The molecule has 0 bridgehead atoms. The van der Waals surface area contributed by atoms with Crippen molar-refractivity contribution >= 4 is 0 Å². The first kappa shape index (κ1) is 14.9. The Balaban J connectivity index is 2.37. The highest BCUT2D eigenvalue weighted by molar-refractivity contribution is 4.82. The quantitative estimate of drug-likeness (QED) is 0.765. The van der Waals surface area contributed by atoms with E-state index in [0.29, 0.717) is 12.1 Å². The van der Waals surface area contributed by atoms with Crippen molar-refractivity contribution < 1.29 is 0 Å². The van der Waals surface area contributed by atoms with Crippen LogP contribution in [0.3, 0.4) is 0 Å². The van der Waals surface area contributed by atoms with Crippen LogP contribution in [0.15, 0.2) is 0 Å². The molecule has 0 aromatic heterocycles. The Bertz CT molecular complexity index is 206. The molecular weight excluding hydrogens is 210 g/mol. The van der Waals surface area contributed by atoms with Crippen LogP contribution in [0.4, 0.5) is 0 Å². The summed E-state index contributed by atoms with van der Waals surface area (Å²) in [5, 5.41) is 3.51. The van der Waals surface area contributed by atoms with Crippen molar-refractivity contribution in [1.82, 2.24) is 15.1 Å². The normalized spacial score (nSPS) is 26.1. The first-order valence-electron chi connectivity index (χ1n) is 7.18. The minimum Gasteiger partial charge on any atom is -0.314 e. The molecule has 0 aromatic rings. The second-order valence-electron chi connectivity index (χ2n) is 5.80. The lowest BCUT2D eigenvalue weighted by atomic mass is 10.0. The van der Waals surface area contributed by atoms with Gasteiger partial charge in [0.25, 0.3) is 0 Å². The van der Waals surface area contributed by atoms with Crippen molar-refractivity contribution in [2.45, 2.75) is 58.2 Å². The summed E-state index contributed by atoms with van der Waals surface area (Å²) in [5.41, 5.74) is 0. The number of hydrogen-bond acceptors (Lipinski definition) is 3. The minimum atomic E-state index is 0.634. The summed E-state index contributed by atoms with van der Waals surface area (Å²) < 4.78 is 0. The van der Waals surface area contributed by atoms with Gasteiger partial charge in [0.15, 0.2) is 0 Å². The molecule has 1 aliphatic heterocycles. The van der Waals surface area contributed by atoms with E-state index in [1.165, 1.54) is 32.4 Å². The highest BCUT2D eigenvalue weighted by Gasteiger charge is 2.25. The van der Waals surface area contributed by atoms with Gasteiger partial charge in [-0.2, -0.15) is 0 Å². The van der Waals surface area contributed by atoms with Crippen molar-refractivity contribution in [2.75, 3.05) is 33.7 Å². The Kier molecular flexibility index (Phi) is 6.45. The van der Waals surface area contributed by atoms with Crippen LogP contribution < -0.4 is 5.32 Å². The van der Waals surface area contributed by atoms with Crippen LogP contribution in [0.5, 0.6) is 0 Å². The van der Waals surface area contributed by atoms with Gasteiger partial charge in [0.05, 0.1) is 0 Å². The molecule has 1 aliphatic rings. The molecular formula is C14H31N3. The predicted molar refractivity (Wildman–Crippen MR) is 75.5 cm³/mol. The molecule has 3 heteroatoms. The van der Waals surface area contributed by atoms with Gasteiger partial charge in [-0.1, -0.05) is 6.92 Å². The van der Waals surface area contributed by atoms with Gasteiger partial charge >= 0.3 is 0 Å². The van der Waals surface area contributed by atoms with Gasteiger partial charge in [0.2, 0.25) is 0 Å². The lowest BCUT2D eigenvalue weighted by molar-refractivity contribution is 0.0949. The number of likely N-dealkylation sites (tertiary alicyclic amines) is 1. The summed E-state index contributed by atoms with van der Waals surface area (Å²) in [5.74, 6) is 0. The van der Waals surface area contributed by atoms with E-state index < -0.39 is 0 Å². The van der Waals surface area contributed by atoms with Gasteiger partial charge in [0, 0.05) is 24.7 Å². The molecule has 3 nitrogen and oxygen atoms in total. The van der Waals surface area contributed by atoms with E-state index in [-0.39, 0.29) is 0 Å². The molecule has 1 saturated heterocycles. The van der Waals surface area contributed by atoms with E-state index in [1.54, 1.807) is 0 Å². The third-order valence-electron chi connectivity index (χ3n) is 4.03. The molecule has 0 saturated carbocycles. The summed E-state index contributed by atoms with van der Waals surface area (Å²) in [4.78, 5) is 5.05. The van der Waals surface area contributed by atoms with Crippen molar-refractivity contribution in [3.8, 4) is 0 Å². The predicted octanol–water partition coefficient (Wildman–Crippen LogP) is 1.79. The largest absolute Gasteiger partial charge is 0.314 e. The molecule has 1 N–H and O–H groups in total. The third kappa shape index (κ3) is 4.94. The number of piperidine rings is 1. The Morgan fingerprint density at radius 3 is 2.65 bits per heavy atom. The summed E-state index contributed by atoms with van der Waals surface area (Å²) in [6, 6.07) is 2.09. The molecule has 0 radical (unpaired) electrons. The summed E-state index contributed by atoms with van der Waals surface area (Å²) in [6.07, 6.45) is 3.97. The van der Waals surface area contributed by atoms with Gasteiger partial charge in [-0.05, 0) is 60.3 Å². The van der Waals surface area contributed by atoms with Gasteiger partial charge in [-0.3, -0.25) is 4.90 Å². The maximum absolute atomic E-state index is 3.51. The number of rotatable bonds is 6. The van der Waals surface area contributed by atoms with Crippen LogP contribution >= 0.6 is 0 Å². The zero-order valence-electron chi connectivity index (χ0n) is 12.4. The Hall–Kier alpha value is -0.120. The standard InChI is InChI=1S/C14H31N3/c1-6-15-12(2)10-13(3)17-9-7-8-14(11-17)16(4)5/h12-15H,6-11H2,1-5H3. The van der Waals surface area contributed by atoms with Crippen LogP contribution in [0, 0.1) is 0 Å². The molecule has 0 aliphatic carbocycles. The second kappa shape index (κ2) is 7.34. The molecule has 1 fully saturated rings. The van der Waals surface area contributed by atoms with Crippen LogP contribution in [-0.2, 0) is 0 Å². The molecule has 3 atom stereocenters. The van der Waals surface area contributed by atoms with E-state index in [9.17, 15) is 0 Å². The zero-order chi connectivity index (χ0) is 12.8. The number of likely N-dealkylation sites (N-methyl/N-ethyl adjacent to an activating group) is 1. The lowest BCUT2D eigenvalue weighted by Crippen LogP contribution is -2.49. The van der Waals surface area contributed by atoms with E-state index in [0.717, 1.165) is 12.6 Å². The van der Waals surface area contributed by atoms with E-state index >= 15 is 0 Å². The Morgan fingerprint density at radius 1 is 1.35 bits per heavy atom. The highest BCUT2D eigenvalue weighted by atomic mass is 15.2. The van der Waals surface area contributed by atoms with Crippen LogP contribution in [0.2, 0.25) is 0 Å². The monoisotopic (exact) mass is 241 g/mol. The molecule has 1 heterocycles. The zero-order valence-corrected chi connectivity index (χ0v) is 12.4. The summed E-state index contributed by atoms with van der Waals surface area (Å²) in [6.45, 7) is 10.5. The van der Waals surface area contributed by atoms with Gasteiger partial charge in [0.1, 0.15) is 0 Å². The van der Waals surface area contributed by atoms with Gasteiger partial charge in [-0.25, -0.2) is 0 Å². The Morgan fingerprint density at radius 2 is 2.06 bits per heavy atom. The smallest absolute Gasteiger partial charge is 0.0217 e. The van der Waals surface area contributed by atoms with Crippen LogP contribution in [0.25, 0.3) is 0 Å². The average molecular weight is 241 g/mol. The maximum Gasteiger partial charge on any atom is 0.0217 e. The molecule has 0 aromatic carbocycles. The number of nitrogens with zero attached hydrogens (tertiary/aromatic N) is 2. The SMILES string of the molecule is CCNC(C)CC(C)N1CCCC(N(C)C)C1.